The number of nitrogens with zero attached hydrogens (tertiary/aromatic N) is 2. The minimum atomic E-state index is 0.0762. The van der Waals surface area contributed by atoms with E-state index in [0.717, 1.165) is 27.2 Å². The van der Waals surface area contributed by atoms with Crippen molar-refractivity contribution in [2.75, 3.05) is 0 Å². The van der Waals surface area contributed by atoms with Crippen LogP contribution in [0.2, 0.25) is 0 Å². The molecule has 18 heavy (non-hydrogen) atoms. The summed E-state index contributed by atoms with van der Waals surface area (Å²) in [6.07, 6.45) is 4.43. The van der Waals surface area contributed by atoms with E-state index in [4.69, 9.17) is 5.84 Å². The summed E-state index contributed by atoms with van der Waals surface area (Å²) in [5.41, 5.74) is 5.05. The maximum Gasteiger partial charge on any atom is 0.0900 e. The largest absolute Gasteiger partial charge is 0.271 e. The third-order valence-corrected chi connectivity index (χ3v) is 4.28. The van der Waals surface area contributed by atoms with Gasteiger partial charge in [0.05, 0.1) is 16.7 Å². The number of nitrogens with one attached hydrogen (secondary N) is 1. The van der Waals surface area contributed by atoms with Crippen LogP contribution in [-0.4, -0.2) is 9.97 Å². The Morgan fingerprint density at radius 3 is 2.78 bits per heavy atom. The van der Waals surface area contributed by atoms with Gasteiger partial charge < -0.3 is 0 Å². The lowest BCUT2D eigenvalue weighted by molar-refractivity contribution is 0.556. The van der Waals surface area contributed by atoms with Gasteiger partial charge in [0.1, 0.15) is 0 Å². The van der Waals surface area contributed by atoms with Crippen molar-refractivity contribution >= 4 is 27.3 Å². The van der Waals surface area contributed by atoms with Gasteiger partial charge in [0.2, 0.25) is 0 Å². The topological polar surface area (TPSA) is 63.8 Å². The van der Waals surface area contributed by atoms with E-state index in [1.165, 1.54) is 4.88 Å². The van der Waals surface area contributed by atoms with Gasteiger partial charge >= 0.3 is 0 Å². The van der Waals surface area contributed by atoms with Crippen LogP contribution >= 0.6 is 27.3 Å². The average molecular weight is 327 g/mol. The van der Waals surface area contributed by atoms with E-state index in [1.807, 2.05) is 20.0 Å². The predicted molar refractivity (Wildman–Crippen MR) is 77.3 cm³/mol. The van der Waals surface area contributed by atoms with Crippen LogP contribution in [0.3, 0.4) is 0 Å². The lowest BCUT2D eigenvalue weighted by atomic mass is 10.1. The van der Waals surface area contributed by atoms with Crippen LogP contribution in [0.25, 0.3) is 0 Å². The van der Waals surface area contributed by atoms with Crippen LogP contribution in [0, 0.1) is 13.8 Å². The number of halogens is 1. The quantitative estimate of drug-likeness (QED) is 0.669. The lowest BCUT2D eigenvalue weighted by Crippen LogP contribution is -2.29. The molecule has 2 rings (SSSR count). The van der Waals surface area contributed by atoms with Crippen molar-refractivity contribution in [3.63, 3.8) is 0 Å². The molecule has 2 heterocycles. The van der Waals surface area contributed by atoms with Gasteiger partial charge in [-0.05, 0) is 47.8 Å². The van der Waals surface area contributed by atoms with Crippen molar-refractivity contribution in [3.8, 4) is 0 Å². The minimum absolute atomic E-state index is 0.0762. The molecule has 96 valence electrons. The third-order valence-electron chi connectivity index (χ3n) is 2.66. The summed E-state index contributed by atoms with van der Waals surface area (Å²) < 4.78 is 0.980. The zero-order valence-electron chi connectivity index (χ0n) is 10.3. The molecule has 0 aliphatic rings. The predicted octanol–water partition coefficient (Wildman–Crippen LogP) is 2.66. The SMILES string of the molecule is Cc1nc(C)c(C(Cc2cncc(Br)c2)NN)s1. The molecule has 0 spiro atoms. The highest BCUT2D eigenvalue weighted by Crippen LogP contribution is 2.27. The molecule has 6 heteroatoms. The molecular formula is C12H15BrN4S. The molecule has 2 aromatic rings. The van der Waals surface area contributed by atoms with Gasteiger partial charge in [0.25, 0.3) is 0 Å². The van der Waals surface area contributed by atoms with Crippen LogP contribution in [0.4, 0.5) is 0 Å². The van der Waals surface area contributed by atoms with Gasteiger partial charge in [-0.2, -0.15) is 0 Å². The normalized spacial score (nSPS) is 12.7. The second kappa shape index (κ2) is 5.88. The molecule has 2 aromatic heterocycles. The van der Waals surface area contributed by atoms with Crippen molar-refractivity contribution < 1.29 is 0 Å². The summed E-state index contributed by atoms with van der Waals surface area (Å²) in [6.45, 7) is 4.03. The van der Waals surface area contributed by atoms with E-state index in [1.54, 1.807) is 17.5 Å². The average Bonchev–Trinajstić information content (AvgIpc) is 2.65. The fraction of sp³-hybridized carbons (Fsp3) is 0.333. The first kappa shape index (κ1) is 13.6. The highest BCUT2D eigenvalue weighted by molar-refractivity contribution is 9.10. The van der Waals surface area contributed by atoms with Crippen LogP contribution < -0.4 is 11.3 Å². The summed E-state index contributed by atoms with van der Waals surface area (Å²) in [4.78, 5) is 9.79. The van der Waals surface area contributed by atoms with Crippen LogP contribution in [0.5, 0.6) is 0 Å². The summed E-state index contributed by atoms with van der Waals surface area (Å²) in [5.74, 6) is 5.67. The Morgan fingerprint density at radius 1 is 1.44 bits per heavy atom. The monoisotopic (exact) mass is 326 g/mol. The van der Waals surface area contributed by atoms with E-state index in [0.29, 0.717) is 0 Å². The molecule has 0 bridgehead atoms. The smallest absolute Gasteiger partial charge is 0.0900 e. The second-order valence-electron chi connectivity index (χ2n) is 4.12. The zero-order chi connectivity index (χ0) is 13.1. The van der Waals surface area contributed by atoms with Crippen LogP contribution in [0.15, 0.2) is 22.9 Å². The van der Waals surface area contributed by atoms with Crippen molar-refractivity contribution in [1.29, 1.82) is 0 Å². The first-order chi connectivity index (χ1) is 8.60. The lowest BCUT2D eigenvalue weighted by Gasteiger charge is -2.14. The van der Waals surface area contributed by atoms with E-state index in [9.17, 15) is 0 Å². The number of hydrazine groups is 1. The van der Waals surface area contributed by atoms with Crippen LogP contribution in [-0.2, 0) is 6.42 Å². The molecule has 0 saturated heterocycles. The standard InChI is InChI=1S/C12H15BrN4S/c1-7-12(18-8(2)16-7)11(17-14)4-9-3-10(13)6-15-5-9/h3,5-6,11,17H,4,14H2,1-2H3. The van der Waals surface area contributed by atoms with Gasteiger partial charge in [0, 0.05) is 21.7 Å². The summed E-state index contributed by atoms with van der Waals surface area (Å²) in [7, 11) is 0. The molecule has 0 aliphatic carbocycles. The van der Waals surface area contributed by atoms with Gasteiger partial charge in [-0.15, -0.1) is 11.3 Å². The number of aryl methyl sites for hydroxylation is 2. The van der Waals surface area contributed by atoms with Gasteiger partial charge in [-0.3, -0.25) is 16.3 Å². The summed E-state index contributed by atoms with van der Waals surface area (Å²) in [6, 6.07) is 2.13. The Morgan fingerprint density at radius 2 is 2.22 bits per heavy atom. The van der Waals surface area contributed by atoms with Crippen molar-refractivity contribution in [1.82, 2.24) is 15.4 Å². The molecule has 3 N–H and O–H groups in total. The first-order valence-corrected chi connectivity index (χ1v) is 7.20. The number of hydrogen-bond donors (Lipinski definition) is 2. The highest BCUT2D eigenvalue weighted by atomic mass is 79.9. The molecule has 0 radical (unpaired) electrons. The van der Waals surface area contributed by atoms with E-state index >= 15 is 0 Å². The molecule has 1 unspecified atom stereocenters. The Hall–Kier alpha value is -0.820. The molecular weight excluding hydrogens is 312 g/mol. The zero-order valence-corrected chi connectivity index (χ0v) is 12.7. The molecule has 0 aromatic carbocycles. The van der Waals surface area contributed by atoms with Gasteiger partial charge in [-0.25, -0.2) is 4.98 Å². The van der Waals surface area contributed by atoms with E-state index < -0.39 is 0 Å². The minimum Gasteiger partial charge on any atom is -0.271 e. The van der Waals surface area contributed by atoms with Gasteiger partial charge in [-0.1, -0.05) is 0 Å². The summed E-state index contributed by atoms with van der Waals surface area (Å²) >= 11 is 5.11. The molecule has 0 aliphatic heterocycles. The van der Waals surface area contributed by atoms with Gasteiger partial charge in [0.15, 0.2) is 0 Å². The van der Waals surface area contributed by atoms with E-state index in [-0.39, 0.29) is 6.04 Å². The second-order valence-corrected chi connectivity index (χ2v) is 6.27. The van der Waals surface area contributed by atoms with Crippen molar-refractivity contribution in [2.45, 2.75) is 26.3 Å². The molecule has 0 saturated carbocycles. The maximum absolute atomic E-state index is 5.67. The number of aromatic nitrogens is 2. The molecule has 0 fully saturated rings. The van der Waals surface area contributed by atoms with Crippen molar-refractivity contribution in [2.24, 2.45) is 5.84 Å². The van der Waals surface area contributed by atoms with E-state index in [2.05, 4.69) is 37.4 Å². The Bertz CT molecular complexity index is 541. The number of thiazole rings is 1. The number of nitrogens with two attached hydrogens (primary N) is 1. The summed E-state index contributed by atoms with van der Waals surface area (Å²) in [5, 5.41) is 1.06. The van der Waals surface area contributed by atoms with Crippen molar-refractivity contribution in [3.05, 3.63) is 44.1 Å². The molecule has 1 atom stereocenters. The fourth-order valence-corrected chi connectivity index (χ4v) is 3.30. The number of hydrogen-bond acceptors (Lipinski definition) is 5. The Labute approximate surface area is 119 Å². The fourth-order valence-electron chi connectivity index (χ4n) is 1.90. The Balaban J connectivity index is 2.22. The van der Waals surface area contributed by atoms with Crippen LogP contribution in [0.1, 0.15) is 27.2 Å². The maximum atomic E-state index is 5.67. The molecule has 0 amide bonds. The Kier molecular flexibility index (Phi) is 4.45. The number of pyridine rings is 1. The molecule has 4 nitrogen and oxygen atoms in total. The third kappa shape index (κ3) is 3.14. The first-order valence-electron chi connectivity index (χ1n) is 5.59. The highest BCUT2D eigenvalue weighted by Gasteiger charge is 2.17. The number of rotatable bonds is 4.